The summed E-state index contributed by atoms with van der Waals surface area (Å²) >= 11 is 0. The average molecular weight is 285 g/mol. The van der Waals surface area contributed by atoms with Gasteiger partial charge in [0.25, 0.3) is 0 Å². The lowest BCUT2D eigenvalue weighted by molar-refractivity contribution is 0.0126. The fourth-order valence-electron chi connectivity index (χ4n) is 1.73. The van der Waals surface area contributed by atoms with Crippen molar-refractivity contribution in [3.63, 3.8) is 0 Å². The average Bonchev–Trinajstić information content (AvgIpc) is 2.62. The molecule has 0 aliphatic rings. The van der Waals surface area contributed by atoms with E-state index in [1.807, 2.05) is 0 Å². The SMILES string of the molecule is Cc1nn(C)cc1C(O)C(O)CNC(=O)OC(C)(C)C. The molecule has 1 aromatic heterocycles. The minimum absolute atomic E-state index is 0.107. The molecule has 2 atom stereocenters. The summed E-state index contributed by atoms with van der Waals surface area (Å²) in [5.74, 6) is 0. The van der Waals surface area contributed by atoms with Crippen molar-refractivity contribution < 1.29 is 19.7 Å². The lowest BCUT2D eigenvalue weighted by atomic mass is 10.1. The Kier molecular flexibility index (Phi) is 5.13. The van der Waals surface area contributed by atoms with Crippen LogP contribution in [0.5, 0.6) is 0 Å². The van der Waals surface area contributed by atoms with Crippen molar-refractivity contribution in [1.29, 1.82) is 0 Å². The molecular formula is C13H23N3O4. The molecule has 0 saturated carbocycles. The van der Waals surface area contributed by atoms with E-state index in [2.05, 4.69) is 10.4 Å². The number of hydrogen-bond donors (Lipinski definition) is 3. The van der Waals surface area contributed by atoms with Gasteiger partial charge in [0.1, 0.15) is 17.8 Å². The normalized spacial score (nSPS) is 14.8. The highest BCUT2D eigenvalue weighted by molar-refractivity contribution is 5.67. The number of carbonyl (C=O) groups excluding carboxylic acids is 1. The molecule has 114 valence electrons. The third kappa shape index (κ3) is 4.82. The molecule has 3 N–H and O–H groups in total. The lowest BCUT2D eigenvalue weighted by Crippen LogP contribution is -2.38. The van der Waals surface area contributed by atoms with Crippen molar-refractivity contribution in [1.82, 2.24) is 15.1 Å². The first-order chi connectivity index (χ1) is 9.10. The fraction of sp³-hybridized carbons (Fsp3) is 0.692. The van der Waals surface area contributed by atoms with E-state index in [4.69, 9.17) is 4.74 Å². The van der Waals surface area contributed by atoms with Gasteiger partial charge in [0.05, 0.1) is 5.69 Å². The van der Waals surface area contributed by atoms with Crippen LogP contribution >= 0.6 is 0 Å². The number of aromatic nitrogens is 2. The molecule has 0 aliphatic carbocycles. The number of aliphatic hydroxyl groups excluding tert-OH is 2. The van der Waals surface area contributed by atoms with Gasteiger partial charge in [0.2, 0.25) is 0 Å². The first-order valence-corrected chi connectivity index (χ1v) is 6.43. The number of nitrogens with one attached hydrogen (secondary N) is 1. The predicted octanol–water partition coefficient (Wildman–Crippen LogP) is 0.648. The molecule has 1 heterocycles. The van der Waals surface area contributed by atoms with E-state index < -0.39 is 23.9 Å². The largest absolute Gasteiger partial charge is 0.444 e. The Hall–Kier alpha value is -1.60. The maximum absolute atomic E-state index is 11.5. The standard InChI is InChI=1S/C13H23N3O4/c1-8-9(7-16(5)15-8)11(18)10(17)6-14-12(19)20-13(2,3)4/h7,10-11,17-18H,6H2,1-5H3,(H,14,19). The molecular weight excluding hydrogens is 262 g/mol. The molecule has 0 aromatic carbocycles. The smallest absolute Gasteiger partial charge is 0.407 e. The Morgan fingerprint density at radius 2 is 2.10 bits per heavy atom. The summed E-state index contributed by atoms with van der Waals surface area (Å²) in [5.41, 5.74) is 0.565. The molecule has 20 heavy (non-hydrogen) atoms. The number of ether oxygens (including phenoxy) is 1. The van der Waals surface area contributed by atoms with E-state index >= 15 is 0 Å². The summed E-state index contributed by atoms with van der Waals surface area (Å²) < 4.78 is 6.60. The number of rotatable bonds is 4. The monoisotopic (exact) mass is 285 g/mol. The fourth-order valence-corrected chi connectivity index (χ4v) is 1.73. The Morgan fingerprint density at radius 3 is 2.55 bits per heavy atom. The van der Waals surface area contributed by atoms with Gasteiger partial charge in [-0.25, -0.2) is 4.79 Å². The molecule has 0 spiro atoms. The van der Waals surface area contributed by atoms with Crippen molar-refractivity contribution in [2.45, 2.75) is 45.5 Å². The number of hydrogen-bond acceptors (Lipinski definition) is 5. The summed E-state index contributed by atoms with van der Waals surface area (Å²) in [4.78, 5) is 11.5. The van der Waals surface area contributed by atoms with E-state index in [0.717, 1.165) is 0 Å². The van der Waals surface area contributed by atoms with Gasteiger partial charge < -0.3 is 20.3 Å². The second kappa shape index (κ2) is 6.23. The number of aryl methyl sites for hydroxylation is 2. The molecule has 0 bridgehead atoms. The van der Waals surface area contributed by atoms with Gasteiger partial charge in [-0.05, 0) is 27.7 Å². The van der Waals surface area contributed by atoms with Crippen LogP contribution in [0.4, 0.5) is 4.79 Å². The minimum atomic E-state index is -1.13. The zero-order chi connectivity index (χ0) is 15.5. The first-order valence-electron chi connectivity index (χ1n) is 6.43. The molecule has 1 aromatic rings. The summed E-state index contributed by atoms with van der Waals surface area (Å²) in [7, 11) is 1.73. The van der Waals surface area contributed by atoms with E-state index in [1.165, 1.54) is 0 Å². The highest BCUT2D eigenvalue weighted by Crippen LogP contribution is 2.19. The van der Waals surface area contributed by atoms with Crippen molar-refractivity contribution >= 4 is 6.09 Å². The Balaban J connectivity index is 2.52. The van der Waals surface area contributed by atoms with Crippen LogP contribution < -0.4 is 5.32 Å². The summed E-state index contributed by atoms with van der Waals surface area (Å²) in [6.07, 6.45) is -1.24. The number of amides is 1. The summed E-state index contributed by atoms with van der Waals surface area (Å²) in [5, 5.41) is 26.4. The van der Waals surface area contributed by atoms with Crippen molar-refractivity contribution in [3.05, 3.63) is 17.5 Å². The molecule has 1 amide bonds. The van der Waals surface area contributed by atoms with Crippen LogP contribution in [-0.4, -0.2) is 44.3 Å². The van der Waals surface area contributed by atoms with Crippen molar-refractivity contribution in [2.75, 3.05) is 6.54 Å². The molecule has 0 aliphatic heterocycles. The summed E-state index contributed by atoms with van der Waals surface area (Å²) in [6, 6.07) is 0. The van der Waals surface area contributed by atoms with Gasteiger partial charge in [-0.3, -0.25) is 4.68 Å². The zero-order valence-electron chi connectivity index (χ0n) is 12.5. The van der Waals surface area contributed by atoms with Crippen LogP contribution in [-0.2, 0) is 11.8 Å². The van der Waals surface area contributed by atoms with Crippen LogP contribution in [0.3, 0.4) is 0 Å². The first kappa shape index (κ1) is 16.5. The van der Waals surface area contributed by atoms with E-state index in [9.17, 15) is 15.0 Å². The number of carbonyl (C=O) groups is 1. The van der Waals surface area contributed by atoms with E-state index in [-0.39, 0.29) is 6.54 Å². The summed E-state index contributed by atoms with van der Waals surface area (Å²) in [6.45, 7) is 6.88. The topological polar surface area (TPSA) is 96.6 Å². The molecule has 7 heteroatoms. The van der Waals surface area contributed by atoms with Gasteiger partial charge in [0.15, 0.2) is 0 Å². The highest BCUT2D eigenvalue weighted by atomic mass is 16.6. The van der Waals surface area contributed by atoms with Gasteiger partial charge in [-0.15, -0.1) is 0 Å². The van der Waals surface area contributed by atoms with Gasteiger partial charge in [0, 0.05) is 25.4 Å². The quantitative estimate of drug-likeness (QED) is 0.754. The third-order valence-corrected chi connectivity index (χ3v) is 2.59. The van der Waals surface area contributed by atoms with E-state index in [0.29, 0.717) is 11.3 Å². The van der Waals surface area contributed by atoms with Crippen LogP contribution in [0, 0.1) is 6.92 Å². The van der Waals surface area contributed by atoms with Gasteiger partial charge in [-0.1, -0.05) is 0 Å². The van der Waals surface area contributed by atoms with Crippen molar-refractivity contribution in [2.24, 2.45) is 7.05 Å². The second-order valence-corrected chi connectivity index (χ2v) is 5.74. The second-order valence-electron chi connectivity index (χ2n) is 5.74. The molecule has 0 radical (unpaired) electrons. The predicted molar refractivity (Wildman–Crippen MR) is 73.1 cm³/mol. The molecule has 2 unspecified atom stereocenters. The van der Waals surface area contributed by atoms with Crippen molar-refractivity contribution in [3.8, 4) is 0 Å². The zero-order valence-corrected chi connectivity index (χ0v) is 12.5. The lowest BCUT2D eigenvalue weighted by Gasteiger charge is -2.22. The molecule has 0 saturated heterocycles. The van der Waals surface area contributed by atoms with Crippen LogP contribution in [0.2, 0.25) is 0 Å². The van der Waals surface area contributed by atoms with Crippen LogP contribution in [0.25, 0.3) is 0 Å². The van der Waals surface area contributed by atoms with Crippen LogP contribution in [0.1, 0.15) is 38.1 Å². The number of aliphatic hydroxyl groups is 2. The molecule has 0 fully saturated rings. The Labute approximate surface area is 118 Å². The number of alkyl carbamates (subject to hydrolysis) is 1. The maximum Gasteiger partial charge on any atom is 0.407 e. The van der Waals surface area contributed by atoms with Gasteiger partial charge in [-0.2, -0.15) is 5.10 Å². The Morgan fingerprint density at radius 1 is 1.50 bits per heavy atom. The third-order valence-electron chi connectivity index (χ3n) is 2.59. The van der Waals surface area contributed by atoms with Crippen LogP contribution in [0.15, 0.2) is 6.20 Å². The maximum atomic E-state index is 11.5. The molecule has 7 nitrogen and oxygen atoms in total. The van der Waals surface area contributed by atoms with Gasteiger partial charge >= 0.3 is 6.09 Å². The van der Waals surface area contributed by atoms with E-state index in [1.54, 1.807) is 45.6 Å². The number of nitrogens with zero attached hydrogens (tertiary/aromatic N) is 2. The minimum Gasteiger partial charge on any atom is -0.444 e. The Bertz CT molecular complexity index is 465. The molecule has 1 rings (SSSR count). The highest BCUT2D eigenvalue weighted by Gasteiger charge is 2.23.